The molecule has 0 bridgehead atoms. The number of methoxy groups -OCH3 is 3. The Labute approximate surface area is 152 Å². The number of amides is 1. The van der Waals surface area contributed by atoms with Gasteiger partial charge in [0.15, 0.2) is 11.5 Å². The number of hydrogen-bond donors (Lipinski definition) is 2. The van der Waals surface area contributed by atoms with Gasteiger partial charge < -0.3 is 24.8 Å². The molecule has 0 aromatic heterocycles. The maximum absolute atomic E-state index is 13.0. The fourth-order valence-corrected chi connectivity index (χ4v) is 4.27. The smallest absolute Gasteiger partial charge is 0.237 e. The third-order valence-electron chi connectivity index (χ3n) is 5.44. The van der Waals surface area contributed by atoms with Crippen molar-refractivity contribution in [1.82, 2.24) is 5.32 Å². The van der Waals surface area contributed by atoms with Crippen LogP contribution in [0.3, 0.4) is 0 Å². The molecule has 2 aliphatic rings. The Hall–Kier alpha value is -2.73. The standard InChI is InChI=1S/C20H22N2O4/c1-24-15-10-12(11-16(25-2)17(15)26-3)18-20(8-9-21-18)13-6-4-5-7-14(13)22-19(20)23/h4-7,10-11,18,21H,8-9H2,1-3H3,(H,22,23)/t18-,20-/m0/s1. The van der Waals surface area contributed by atoms with E-state index in [1.165, 1.54) is 0 Å². The van der Waals surface area contributed by atoms with Crippen LogP contribution in [0.15, 0.2) is 36.4 Å². The molecule has 2 N–H and O–H groups in total. The van der Waals surface area contributed by atoms with Crippen molar-refractivity contribution in [2.75, 3.05) is 33.2 Å². The Morgan fingerprint density at radius 3 is 2.38 bits per heavy atom. The summed E-state index contributed by atoms with van der Waals surface area (Å²) in [5.41, 5.74) is 2.22. The number of fused-ring (bicyclic) bond motifs is 2. The molecule has 0 aliphatic carbocycles. The molecule has 2 heterocycles. The number of carbonyl (C=O) groups is 1. The van der Waals surface area contributed by atoms with Crippen LogP contribution >= 0.6 is 0 Å². The van der Waals surface area contributed by atoms with E-state index in [1.807, 2.05) is 36.4 Å². The van der Waals surface area contributed by atoms with Gasteiger partial charge in [0.2, 0.25) is 11.7 Å². The number of anilines is 1. The molecule has 0 radical (unpaired) electrons. The number of ether oxygens (including phenoxy) is 3. The zero-order valence-electron chi connectivity index (χ0n) is 15.1. The van der Waals surface area contributed by atoms with Crippen LogP contribution in [0.2, 0.25) is 0 Å². The van der Waals surface area contributed by atoms with Crippen molar-refractivity contribution in [3.63, 3.8) is 0 Å². The van der Waals surface area contributed by atoms with Crippen LogP contribution in [-0.2, 0) is 10.2 Å². The van der Waals surface area contributed by atoms with E-state index < -0.39 is 5.41 Å². The van der Waals surface area contributed by atoms with Crippen LogP contribution < -0.4 is 24.8 Å². The zero-order valence-corrected chi connectivity index (χ0v) is 15.1. The van der Waals surface area contributed by atoms with Gasteiger partial charge in [-0.25, -0.2) is 0 Å². The predicted molar refractivity (Wildman–Crippen MR) is 98.2 cm³/mol. The van der Waals surface area contributed by atoms with Crippen molar-refractivity contribution >= 4 is 11.6 Å². The minimum atomic E-state index is -0.638. The maximum Gasteiger partial charge on any atom is 0.237 e. The van der Waals surface area contributed by atoms with Crippen molar-refractivity contribution in [2.24, 2.45) is 0 Å². The normalized spacial score (nSPS) is 23.7. The van der Waals surface area contributed by atoms with Crippen molar-refractivity contribution in [2.45, 2.75) is 17.9 Å². The number of benzene rings is 2. The molecular weight excluding hydrogens is 332 g/mol. The number of nitrogens with one attached hydrogen (secondary N) is 2. The maximum atomic E-state index is 13.0. The summed E-state index contributed by atoms with van der Waals surface area (Å²) < 4.78 is 16.4. The van der Waals surface area contributed by atoms with Gasteiger partial charge in [-0.2, -0.15) is 0 Å². The minimum absolute atomic E-state index is 0.0300. The fourth-order valence-electron chi connectivity index (χ4n) is 4.27. The number of hydrogen-bond acceptors (Lipinski definition) is 5. The van der Waals surface area contributed by atoms with Gasteiger partial charge in [-0.05, 0) is 42.3 Å². The summed E-state index contributed by atoms with van der Waals surface area (Å²) in [7, 11) is 4.77. The van der Waals surface area contributed by atoms with Gasteiger partial charge in [0.25, 0.3) is 0 Å². The molecule has 1 amide bonds. The first-order chi connectivity index (χ1) is 12.7. The van der Waals surface area contributed by atoms with Crippen LogP contribution in [0.1, 0.15) is 23.6 Å². The summed E-state index contributed by atoms with van der Waals surface area (Å²) in [6.45, 7) is 0.753. The Bertz CT molecular complexity index is 842. The van der Waals surface area contributed by atoms with Crippen LogP contribution in [0.5, 0.6) is 17.2 Å². The average Bonchev–Trinajstić information content (AvgIpc) is 3.24. The van der Waals surface area contributed by atoms with Crippen molar-refractivity contribution in [3.8, 4) is 17.2 Å². The Balaban J connectivity index is 1.87. The zero-order chi connectivity index (χ0) is 18.3. The summed E-state index contributed by atoms with van der Waals surface area (Å²) in [4.78, 5) is 13.0. The Kier molecular flexibility index (Phi) is 4.00. The van der Waals surface area contributed by atoms with Gasteiger partial charge in [0.1, 0.15) is 0 Å². The van der Waals surface area contributed by atoms with Gasteiger partial charge in [0, 0.05) is 5.69 Å². The van der Waals surface area contributed by atoms with Crippen LogP contribution in [0.25, 0.3) is 0 Å². The van der Waals surface area contributed by atoms with Crippen LogP contribution in [0.4, 0.5) is 5.69 Å². The number of carbonyl (C=O) groups excluding carboxylic acids is 1. The van der Waals surface area contributed by atoms with Gasteiger partial charge in [0.05, 0.1) is 32.8 Å². The molecule has 6 nitrogen and oxygen atoms in total. The molecule has 6 heteroatoms. The average molecular weight is 354 g/mol. The molecule has 1 fully saturated rings. The van der Waals surface area contributed by atoms with Crippen molar-refractivity contribution in [3.05, 3.63) is 47.5 Å². The van der Waals surface area contributed by atoms with Crippen LogP contribution in [-0.4, -0.2) is 33.8 Å². The van der Waals surface area contributed by atoms with Crippen LogP contribution in [0, 0.1) is 0 Å². The van der Waals surface area contributed by atoms with E-state index in [-0.39, 0.29) is 11.9 Å². The topological polar surface area (TPSA) is 68.8 Å². The van der Waals surface area contributed by atoms with E-state index in [0.29, 0.717) is 17.2 Å². The summed E-state index contributed by atoms with van der Waals surface area (Å²) in [6, 6.07) is 11.6. The molecule has 0 unspecified atom stereocenters. The van der Waals surface area contributed by atoms with E-state index in [9.17, 15) is 4.79 Å². The lowest BCUT2D eigenvalue weighted by atomic mass is 9.73. The monoisotopic (exact) mass is 354 g/mol. The molecule has 4 rings (SSSR count). The lowest BCUT2D eigenvalue weighted by Crippen LogP contribution is -2.39. The summed E-state index contributed by atoms with van der Waals surface area (Å²) in [5.74, 6) is 1.74. The SMILES string of the molecule is COc1cc([C@@H]2NCC[C@@]23C(=O)Nc2ccccc23)cc(OC)c1OC. The molecule has 1 spiro atoms. The first-order valence-corrected chi connectivity index (χ1v) is 8.60. The van der Waals surface area contributed by atoms with Crippen molar-refractivity contribution < 1.29 is 19.0 Å². The van der Waals surface area contributed by atoms with Gasteiger partial charge in [-0.1, -0.05) is 18.2 Å². The second kappa shape index (κ2) is 6.21. The molecule has 2 atom stereocenters. The molecule has 26 heavy (non-hydrogen) atoms. The summed E-state index contributed by atoms with van der Waals surface area (Å²) >= 11 is 0. The Morgan fingerprint density at radius 2 is 1.73 bits per heavy atom. The summed E-state index contributed by atoms with van der Waals surface area (Å²) in [5, 5.41) is 6.55. The fraction of sp³-hybridized carbons (Fsp3) is 0.350. The van der Waals surface area contributed by atoms with Crippen molar-refractivity contribution in [1.29, 1.82) is 0 Å². The van der Waals surface area contributed by atoms with E-state index in [2.05, 4.69) is 10.6 Å². The highest BCUT2D eigenvalue weighted by Gasteiger charge is 2.55. The highest BCUT2D eigenvalue weighted by atomic mass is 16.5. The highest BCUT2D eigenvalue weighted by molar-refractivity contribution is 6.07. The largest absolute Gasteiger partial charge is 0.493 e. The minimum Gasteiger partial charge on any atom is -0.493 e. The van der Waals surface area contributed by atoms with E-state index >= 15 is 0 Å². The molecule has 136 valence electrons. The molecule has 0 saturated carbocycles. The van der Waals surface area contributed by atoms with Gasteiger partial charge in [-0.15, -0.1) is 0 Å². The van der Waals surface area contributed by atoms with Gasteiger partial charge in [-0.3, -0.25) is 4.79 Å². The lowest BCUT2D eigenvalue weighted by Gasteiger charge is -2.30. The molecule has 2 aliphatic heterocycles. The quantitative estimate of drug-likeness (QED) is 0.883. The first-order valence-electron chi connectivity index (χ1n) is 8.60. The second-order valence-corrected chi connectivity index (χ2v) is 6.57. The predicted octanol–water partition coefficient (Wildman–Crippen LogP) is 2.64. The third-order valence-corrected chi connectivity index (χ3v) is 5.44. The van der Waals surface area contributed by atoms with Gasteiger partial charge >= 0.3 is 0 Å². The number of para-hydroxylation sites is 1. The summed E-state index contributed by atoms with van der Waals surface area (Å²) in [6.07, 6.45) is 0.733. The van der Waals surface area contributed by atoms with E-state index in [4.69, 9.17) is 14.2 Å². The lowest BCUT2D eigenvalue weighted by molar-refractivity contribution is -0.121. The first kappa shape index (κ1) is 16.7. The Morgan fingerprint density at radius 1 is 1.04 bits per heavy atom. The second-order valence-electron chi connectivity index (χ2n) is 6.57. The molecule has 1 saturated heterocycles. The number of rotatable bonds is 4. The highest BCUT2D eigenvalue weighted by Crippen LogP contribution is 2.52. The van der Waals surface area contributed by atoms with E-state index in [0.717, 1.165) is 29.8 Å². The molecular formula is C20H22N2O4. The molecule has 2 aromatic rings. The third kappa shape index (κ3) is 2.18. The molecule has 2 aromatic carbocycles. The van der Waals surface area contributed by atoms with E-state index in [1.54, 1.807) is 21.3 Å².